The fraction of sp³-hybridized carbons (Fsp3) is 0.562. The van der Waals surface area contributed by atoms with E-state index in [1.54, 1.807) is 6.20 Å². The first kappa shape index (κ1) is 14.8. The van der Waals surface area contributed by atoms with E-state index >= 15 is 0 Å². The molecule has 6 heteroatoms. The zero-order valence-corrected chi connectivity index (χ0v) is 13.5. The Morgan fingerprint density at radius 1 is 1.14 bits per heavy atom. The number of anilines is 1. The molecule has 0 saturated carbocycles. The molecule has 3 rings (SSSR count). The minimum absolute atomic E-state index is 0.0422. The summed E-state index contributed by atoms with van der Waals surface area (Å²) in [6.45, 7) is 9.50. The van der Waals surface area contributed by atoms with Gasteiger partial charge < -0.3 is 9.80 Å². The van der Waals surface area contributed by atoms with Crippen LogP contribution in [0.4, 0.5) is 5.82 Å². The van der Waals surface area contributed by atoms with Crippen LogP contribution in [0.1, 0.15) is 27.2 Å². The molecule has 118 valence electrons. The number of rotatable bonds is 2. The highest BCUT2D eigenvalue weighted by Crippen LogP contribution is 2.21. The summed E-state index contributed by atoms with van der Waals surface area (Å²) in [5.41, 5.74) is 0.893. The third-order valence-corrected chi connectivity index (χ3v) is 3.91. The molecule has 22 heavy (non-hydrogen) atoms. The van der Waals surface area contributed by atoms with Gasteiger partial charge in [-0.05, 0) is 11.5 Å². The summed E-state index contributed by atoms with van der Waals surface area (Å²) in [4.78, 5) is 20.8. The highest BCUT2D eigenvalue weighted by atomic mass is 16.2. The van der Waals surface area contributed by atoms with E-state index in [4.69, 9.17) is 0 Å². The minimum Gasteiger partial charge on any atom is -0.353 e. The third-order valence-electron chi connectivity index (χ3n) is 3.91. The fourth-order valence-electron chi connectivity index (χ4n) is 2.81. The molecule has 1 aliphatic rings. The van der Waals surface area contributed by atoms with Crippen molar-refractivity contribution < 1.29 is 4.79 Å². The van der Waals surface area contributed by atoms with Gasteiger partial charge in [-0.25, -0.2) is 4.98 Å². The van der Waals surface area contributed by atoms with Gasteiger partial charge in [0.2, 0.25) is 5.91 Å². The van der Waals surface area contributed by atoms with Crippen LogP contribution in [0.25, 0.3) is 5.65 Å². The zero-order valence-electron chi connectivity index (χ0n) is 13.5. The third kappa shape index (κ3) is 3.05. The van der Waals surface area contributed by atoms with Gasteiger partial charge in [-0.1, -0.05) is 20.8 Å². The van der Waals surface area contributed by atoms with E-state index in [0.717, 1.165) is 37.6 Å². The van der Waals surface area contributed by atoms with Crippen LogP contribution in [-0.4, -0.2) is 51.6 Å². The number of amides is 1. The van der Waals surface area contributed by atoms with Gasteiger partial charge >= 0.3 is 0 Å². The average Bonchev–Trinajstić information content (AvgIpc) is 2.94. The van der Waals surface area contributed by atoms with Crippen LogP contribution in [0.15, 0.2) is 24.5 Å². The molecule has 1 aliphatic heterocycles. The Morgan fingerprint density at radius 3 is 2.55 bits per heavy atom. The number of fused-ring (bicyclic) bond motifs is 1. The molecule has 2 aromatic rings. The number of carbonyl (C=O) groups is 1. The van der Waals surface area contributed by atoms with Gasteiger partial charge in [0, 0.05) is 44.9 Å². The van der Waals surface area contributed by atoms with E-state index in [-0.39, 0.29) is 11.3 Å². The lowest BCUT2D eigenvalue weighted by Crippen LogP contribution is -2.49. The zero-order chi connectivity index (χ0) is 15.7. The lowest BCUT2D eigenvalue weighted by Gasteiger charge is -2.37. The molecule has 0 atom stereocenters. The maximum Gasteiger partial charge on any atom is 0.223 e. The molecule has 0 unspecified atom stereocenters. The van der Waals surface area contributed by atoms with Crippen molar-refractivity contribution in [2.45, 2.75) is 27.2 Å². The Hall–Kier alpha value is -2.11. The molecule has 0 spiro atoms. The molecule has 1 fully saturated rings. The summed E-state index contributed by atoms with van der Waals surface area (Å²) < 4.78 is 1.85. The van der Waals surface area contributed by atoms with Gasteiger partial charge in [-0.3, -0.25) is 4.79 Å². The van der Waals surface area contributed by atoms with Crippen LogP contribution in [0.5, 0.6) is 0 Å². The van der Waals surface area contributed by atoms with Crippen molar-refractivity contribution in [3.8, 4) is 0 Å². The highest BCUT2D eigenvalue weighted by molar-refractivity contribution is 5.77. The van der Waals surface area contributed by atoms with Crippen LogP contribution < -0.4 is 4.90 Å². The summed E-state index contributed by atoms with van der Waals surface area (Å²) in [6, 6.07) is 3.87. The Kier molecular flexibility index (Phi) is 3.76. The summed E-state index contributed by atoms with van der Waals surface area (Å²) in [6.07, 6.45) is 4.17. The molecule has 1 saturated heterocycles. The quantitative estimate of drug-likeness (QED) is 0.849. The molecule has 0 aromatic carbocycles. The normalized spacial score (nSPS) is 16.3. The van der Waals surface area contributed by atoms with Crippen molar-refractivity contribution in [3.05, 3.63) is 24.5 Å². The first-order valence-electron chi connectivity index (χ1n) is 7.75. The monoisotopic (exact) mass is 301 g/mol. The van der Waals surface area contributed by atoms with Gasteiger partial charge in [-0.2, -0.15) is 9.61 Å². The predicted octanol–water partition coefficient (Wildman–Crippen LogP) is 1.81. The molecular formula is C16H23N5O. The number of carbonyl (C=O) groups excluding carboxylic acids is 1. The van der Waals surface area contributed by atoms with Crippen LogP contribution >= 0.6 is 0 Å². The van der Waals surface area contributed by atoms with E-state index in [9.17, 15) is 4.79 Å². The Balaban J connectivity index is 1.67. The molecular weight excluding hydrogens is 278 g/mol. The summed E-state index contributed by atoms with van der Waals surface area (Å²) in [7, 11) is 0. The predicted molar refractivity (Wildman–Crippen MR) is 85.9 cm³/mol. The van der Waals surface area contributed by atoms with Crippen molar-refractivity contribution in [3.63, 3.8) is 0 Å². The summed E-state index contributed by atoms with van der Waals surface area (Å²) in [5.74, 6) is 1.30. The van der Waals surface area contributed by atoms with Gasteiger partial charge in [0.25, 0.3) is 0 Å². The van der Waals surface area contributed by atoms with Gasteiger partial charge in [0.1, 0.15) is 5.82 Å². The minimum atomic E-state index is 0.0422. The molecule has 1 amide bonds. The lowest BCUT2D eigenvalue weighted by atomic mass is 9.91. The average molecular weight is 301 g/mol. The van der Waals surface area contributed by atoms with Crippen LogP contribution in [0, 0.1) is 5.41 Å². The van der Waals surface area contributed by atoms with Gasteiger partial charge in [-0.15, -0.1) is 0 Å². The maximum absolute atomic E-state index is 12.3. The SMILES string of the molecule is CC(C)(C)CC(=O)N1CCN(c2ccnc3ccnn23)CC1. The first-order chi connectivity index (χ1) is 10.4. The van der Waals surface area contributed by atoms with E-state index in [0.29, 0.717) is 6.42 Å². The number of hydrogen-bond donors (Lipinski definition) is 0. The van der Waals surface area contributed by atoms with Crippen molar-refractivity contribution in [2.24, 2.45) is 5.41 Å². The molecule has 0 bridgehead atoms. The van der Waals surface area contributed by atoms with Crippen molar-refractivity contribution in [1.82, 2.24) is 19.5 Å². The molecule has 0 radical (unpaired) electrons. The first-order valence-corrected chi connectivity index (χ1v) is 7.75. The summed E-state index contributed by atoms with van der Waals surface area (Å²) in [5, 5.41) is 4.33. The second-order valence-corrected chi connectivity index (χ2v) is 7.01. The maximum atomic E-state index is 12.3. The summed E-state index contributed by atoms with van der Waals surface area (Å²) >= 11 is 0. The Morgan fingerprint density at radius 2 is 1.86 bits per heavy atom. The van der Waals surface area contributed by atoms with Crippen LogP contribution in [-0.2, 0) is 4.79 Å². The second-order valence-electron chi connectivity index (χ2n) is 7.01. The lowest BCUT2D eigenvalue weighted by molar-refractivity contribution is -0.133. The Bertz CT molecular complexity index is 664. The molecule has 2 aromatic heterocycles. The van der Waals surface area contributed by atoms with Gasteiger partial charge in [0.15, 0.2) is 5.65 Å². The highest BCUT2D eigenvalue weighted by Gasteiger charge is 2.25. The molecule has 0 N–H and O–H groups in total. The standard InChI is InChI=1S/C16H23N5O/c1-16(2,3)12-15(22)20-10-8-19(9-11-20)14-5-6-17-13-4-7-18-21(13)14/h4-7H,8-12H2,1-3H3. The smallest absolute Gasteiger partial charge is 0.223 e. The van der Waals surface area contributed by atoms with E-state index < -0.39 is 0 Å². The van der Waals surface area contributed by atoms with E-state index in [1.165, 1.54) is 0 Å². The van der Waals surface area contributed by atoms with Crippen molar-refractivity contribution in [2.75, 3.05) is 31.1 Å². The number of aromatic nitrogens is 3. The molecule has 0 aliphatic carbocycles. The molecule has 3 heterocycles. The van der Waals surface area contributed by atoms with Crippen LogP contribution in [0.3, 0.4) is 0 Å². The largest absolute Gasteiger partial charge is 0.353 e. The van der Waals surface area contributed by atoms with E-state index in [2.05, 4.69) is 35.8 Å². The number of nitrogens with zero attached hydrogens (tertiary/aromatic N) is 5. The van der Waals surface area contributed by atoms with Crippen molar-refractivity contribution in [1.29, 1.82) is 0 Å². The topological polar surface area (TPSA) is 53.7 Å². The van der Waals surface area contributed by atoms with Crippen LogP contribution in [0.2, 0.25) is 0 Å². The Labute approximate surface area is 130 Å². The van der Waals surface area contributed by atoms with Gasteiger partial charge in [0.05, 0.1) is 6.20 Å². The number of piperazine rings is 1. The fourth-order valence-corrected chi connectivity index (χ4v) is 2.81. The van der Waals surface area contributed by atoms with Crippen molar-refractivity contribution >= 4 is 17.4 Å². The molecule has 6 nitrogen and oxygen atoms in total. The van der Waals surface area contributed by atoms with E-state index in [1.807, 2.05) is 27.7 Å². The number of hydrogen-bond acceptors (Lipinski definition) is 4. The second kappa shape index (κ2) is 5.59.